The number of carbonyl (C=O) groups excluding carboxylic acids is 1. The Balaban J connectivity index is 1.97. The standard InChI is InChI=1S/C19H27F3N2O3/c1-13-11-24(4)10-9-14(13)23-17(25)18(2,3)12-26-15-7-5-6-8-16(15)27-19(20,21)22/h5-8,13-14H,9-12H2,1-4H3,(H,23,25)/t13-,14-/m0/s1. The molecule has 2 atom stereocenters. The normalized spacial score (nSPS) is 21.6. The van der Waals surface area contributed by atoms with Crippen molar-refractivity contribution in [1.82, 2.24) is 10.2 Å². The fourth-order valence-corrected chi connectivity index (χ4v) is 3.03. The van der Waals surface area contributed by atoms with Gasteiger partial charge in [-0.05, 0) is 51.9 Å². The van der Waals surface area contributed by atoms with Crippen LogP contribution in [0.3, 0.4) is 0 Å². The molecule has 1 amide bonds. The highest BCUT2D eigenvalue weighted by Gasteiger charge is 2.35. The Kier molecular flexibility index (Phi) is 6.62. The molecule has 1 aliphatic rings. The Hall–Kier alpha value is -1.96. The van der Waals surface area contributed by atoms with E-state index in [9.17, 15) is 18.0 Å². The van der Waals surface area contributed by atoms with Crippen molar-refractivity contribution in [1.29, 1.82) is 0 Å². The summed E-state index contributed by atoms with van der Waals surface area (Å²) >= 11 is 0. The monoisotopic (exact) mass is 388 g/mol. The average molecular weight is 388 g/mol. The Morgan fingerprint density at radius 2 is 1.89 bits per heavy atom. The van der Waals surface area contributed by atoms with E-state index in [4.69, 9.17) is 4.74 Å². The largest absolute Gasteiger partial charge is 0.573 e. The maximum Gasteiger partial charge on any atom is 0.573 e. The number of benzene rings is 1. The van der Waals surface area contributed by atoms with Gasteiger partial charge < -0.3 is 19.7 Å². The van der Waals surface area contributed by atoms with Gasteiger partial charge in [0.15, 0.2) is 11.5 Å². The van der Waals surface area contributed by atoms with Gasteiger partial charge in [-0.3, -0.25) is 4.79 Å². The zero-order valence-electron chi connectivity index (χ0n) is 16.1. The molecule has 1 aliphatic heterocycles. The summed E-state index contributed by atoms with van der Waals surface area (Å²) in [5, 5.41) is 3.06. The van der Waals surface area contributed by atoms with Gasteiger partial charge in [-0.15, -0.1) is 13.2 Å². The number of hydrogen-bond acceptors (Lipinski definition) is 4. The fraction of sp³-hybridized carbons (Fsp3) is 0.632. The van der Waals surface area contributed by atoms with E-state index < -0.39 is 17.5 Å². The lowest BCUT2D eigenvalue weighted by molar-refractivity contribution is -0.275. The average Bonchev–Trinajstić information content (AvgIpc) is 2.55. The van der Waals surface area contributed by atoms with Crippen LogP contribution < -0.4 is 14.8 Å². The number of alkyl halides is 3. The Bertz CT molecular complexity index is 649. The van der Waals surface area contributed by atoms with Gasteiger partial charge in [0.05, 0.1) is 5.41 Å². The molecular weight excluding hydrogens is 361 g/mol. The van der Waals surface area contributed by atoms with E-state index in [0.29, 0.717) is 5.92 Å². The first kappa shape index (κ1) is 21.3. The molecular formula is C19H27F3N2O3. The maximum atomic E-state index is 12.7. The molecule has 1 heterocycles. The summed E-state index contributed by atoms with van der Waals surface area (Å²) in [6, 6.07) is 5.61. The number of nitrogens with one attached hydrogen (secondary N) is 1. The van der Waals surface area contributed by atoms with E-state index in [0.717, 1.165) is 19.5 Å². The number of para-hydroxylation sites is 2. The lowest BCUT2D eigenvalue weighted by Crippen LogP contribution is -2.52. The molecule has 1 aromatic rings. The molecule has 0 spiro atoms. The van der Waals surface area contributed by atoms with Crippen LogP contribution in [0.25, 0.3) is 0 Å². The van der Waals surface area contributed by atoms with E-state index >= 15 is 0 Å². The Morgan fingerprint density at radius 1 is 1.26 bits per heavy atom. The van der Waals surface area contributed by atoms with Crippen molar-refractivity contribution in [3.8, 4) is 11.5 Å². The van der Waals surface area contributed by atoms with Crippen LogP contribution >= 0.6 is 0 Å². The highest BCUT2D eigenvalue weighted by molar-refractivity contribution is 5.82. The molecule has 0 bridgehead atoms. The lowest BCUT2D eigenvalue weighted by Gasteiger charge is -2.37. The van der Waals surface area contributed by atoms with Crippen molar-refractivity contribution in [2.75, 3.05) is 26.7 Å². The van der Waals surface area contributed by atoms with Crippen LogP contribution in [-0.2, 0) is 4.79 Å². The third kappa shape index (κ3) is 6.30. The predicted octanol–water partition coefficient (Wildman–Crippen LogP) is 3.45. The minimum absolute atomic E-state index is 0.0524. The number of halogens is 3. The molecule has 152 valence electrons. The van der Waals surface area contributed by atoms with Gasteiger partial charge >= 0.3 is 6.36 Å². The summed E-state index contributed by atoms with van der Waals surface area (Å²) in [6.45, 7) is 7.25. The Labute approximate surface area is 157 Å². The molecule has 5 nitrogen and oxygen atoms in total. The zero-order chi connectivity index (χ0) is 20.2. The van der Waals surface area contributed by atoms with Crippen LogP contribution in [0.2, 0.25) is 0 Å². The first-order chi connectivity index (χ1) is 12.5. The van der Waals surface area contributed by atoms with E-state index in [1.807, 2.05) is 7.05 Å². The van der Waals surface area contributed by atoms with Crippen LogP contribution in [-0.4, -0.2) is 50.0 Å². The second-order valence-corrected chi connectivity index (χ2v) is 7.78. The molecule has 0 aromatic heterocycles. The molecule has 0 unspecified atom stereocenters. The van der Waals surface area contributed by atoms with Gasteiger partial charge in [-0.25, -0.2) is 0 Å². The number of hydrogen-bond donors (Lipinski definition) is 1. The second kappa shape index (κ2) is 8.37. The molecule has 0 saturated carbocycles. The molecule has 1 N–H and O–H groups in total. The summed E-state index contributed by atoms with van der Waals surface area (Å²) in [5.74, 6) is -0.336. The highest BCUT2D eigenvalue weighted by Crippen LogP contribution is 2.33. The second-order valence-electron chi connectivity index (χ2n) is 7.78. The Morgan fingerprint density at radius 3 is 2.48 bits per heavy atom. The maximum absolute atomic E-state index is 12.7. The number of carbonyl (C=O) groups is 1. The molecule has 2 rings (SSSR count). The molecule has 1 saturated heterocycles. The quantitative estimate of drug-likeness (QED) is 0.811. The summed E-state index contributed by atoms with van der Waals surface area (Å²) in [4.78, 5) is 14.9. The van der Waals surface area contributed by atoms with Gasteiger partial charge in [0.25, 0.3) is 0 Å². The van der Waals surface area contributed by atoms with Gasteiger partial charge in [0, 0.05) is 12.6 Å². The molecule has 1 aromatic carbocycles. The first-order valence-electron chi connectivity index (χ1n) is 8.95. The van der Waals surface area contributed by atoms with Crippen molar-refractivity contribution >= 4 is 5.91 Å². The summed E-state index contributed by atoms with van der Waals surface area (Å²) in [7, 11) is 2.05. The van der Waals surface area contributed by atoms with Crippen molar-refractivity contribution in [2.45, 2.75) is 39.6 Å². The summed E-state index contributed by atoms with van der Waals surface area (Å²) in [5.41, 5.74) is -0.908. The van der Waals surface area contributed by atoms with Gasteiger partial charge in [0.2, 0.25) is 5.91 Å². The SMILES string of the molecule is C[C@H]1CN(C)CC[C@@H]1NC(=O)C(C)(C)COc1ccccc1OC(F)(F)F. The van der Waals surface area contributed by atoms with E-state index in [1.165, 1.54) is 18.2 Å². The van der Waals surface area contributed by atoms with Crippen molar-refractivity contribution < 1.29 is 27.4 Å². The van der Waals surface area contributed by atoms with Crippen LogP contribution in [0, 0.1) is 11.3 Å². The third-order valence-corrected chi connectivity index (χ3v) is 4.70. The smallest absolute Gasteiger partial charge is 0.489 e. The molecule has 27 heavy (non-hydrogen) atoms. The number of ether oxygens (including phenoxy) is 2. The molecule has 0 aliphatic carbocycles. The number of amides is 1. The summed E-state index contributed by atoms with van der Waals surface area (Å²) < 4.78 is 47.0. The van der Waals surface area contributed by atoms with Crippen LogP contribution in [0.5, 0.6) is 11.5 Å². The lowest BCUT2D eigenvalue weighted by atomic mass is 9.89. The van der Waals surface area contributed by atoms with Crippen molar-refractivity contribution in [3.63, 3.8) is 0 Å². The fourth-order valence-electron chi connectivity index (χ4n) is 3.03. The minimum Gasteiger partial charge on any atom is -0.489 e. The molecule has 8 heteroatoms. The number of likely N-dealkylation sites (tertiary alicyclic amines) is 1. The molecule has 1 fully saturated rings. The minimum atomic E-state index is -4.81. The van der Waals surface area contributed by atoms with Crippen LogP contribution in [0.1, 0.15) is 27.2 Å². The topological polar surface area (TPSA) is 50.8 Å². The third-order valence-electron chi connectivity index (χ3n) is 4.70. The van der Waals surface area contributed by atoms with Gasteiger partial charge in [0.1, 0.15) is 6.61 Å². The highest BCUT2D eigenvalue weighted by atomic mass is 19.4. The van der Waals surface area contributed by atoms with Crippen LogP contribution in [0.15, 0.2) is 24.3 Å². The summed E-state index contributed by atoms with van der Waals surface area (Å²) in [6.07, 6.45) is -3.95. The number of piperidine rings is 1. The van der Waals surface area contributed by atoms with E-state index in [1.54, 1.807) is 19.9 Å². The van der Waals surface area contributed by atoms with E-state index in [2.05, 4.69) is 21.9 Å². The first-order valence-corrected chi connectivity index (χ1v) is 8.95. The van der Waals surface area contributed by atoms with Crippen molar-refractivity contribution in [2.24, 2.45) is 11.3 Å². The van der Waals surface area contributed by atoms with E-state index in [-0.39, 0.29) is 24.3 Å². The van der Waals surface area contributed by atoms with Gasteiger partial charge in [-0.2, -0.15) is 0 Å². The van der Waals surface area contributed by atoms with Gasteiger partial charge in [-0.1, -0.05) is 19.1 Å². The number of rotatable bonds is 6. The number of nitrogens with zero attached hydrogens (tertiary/aromatic N) is 1. The molecule has 0 radical (unpaired) electrons. The predicted molar refractivity (Wildman–Crippen MR) is 95.6 cm³/mol. The zero-order valence-corrected chi connectivity index (χ0v) is 16.1. The van der Waals surface area contributed by atoms with Crippen LogP contribution in [0.4, 0.5) is 13.2 Å². The van der Waals surface area contributed by atoms with Crippen molar-refractivity contribution in [3.05, 3.63) is 24.3 Å².